The fraction of sp³-hybridized carbons (Fsp3) is 0.190. The second kappa shape index (κ2) is 8.12. The summed E-state index contributed by atoms with van der Waals surface area (Å²) < 4.78 is 0. The molecule has 0 aliphatic heterocycles. The fourth-order valence-corrected chi connectivity index (χ4v) is 3.66. The van der Waals surface area contributed by atoms with Crippen LogP contribution in [0.2, 0.25) is 5.02 Å². The smallest absolute Gasteiger partial charge is 0.271 e. The van der Waals surface area contributed by atoms with Crippen LogP contribution in [0.4, 0.5) is 5.69 Å². The van der Waals surface area contributed by atoms with Crippen LogP contribution in [-0.2, 0) is 11.3 Å². The number of thiazole rings is 1. The summed E-state index contributed by atoms with van der Waals surface area (Å²) in [6, 6.07) is 14.9. The van der Waals surface area contributed by atoms with Gasteiger partial charge in [0.25, 0.3) is 5.91 Å². The van der Waals surface area contributed by atoms with Crippen LogP contribution in [0.25, 0.3) is 10.6 Å². The number of amides is 2. The molecule has 0 atom stereocenters. The van der Waals surface area contributed by atoms with E-state index in [2.05, 4.69) is 15.6 Å². The molecule has 1 aliphatic carbocycles. The summed E-state index contributed by atoms with van der Waals surface area (Å²) in [4.78, 5) is 28.7. The maximum absolute atomic E-state index is 12.4. The zero-order valence-corrected chi connectivity index (χ0v) is 16.5. The Morgan fingerprint density at radius 1 is 1.14 bits per heavy atom. The van der Waals surface area contributed by atoms with Crippen molar-refractivity contribution >= 4 is 40.4 Å². The van der Waals surface area contributed by atoms with Crippen LogP contribution in [0.5, 0.6) is 0 Å². The molecule has 7 heteroatoms. The second-order valence-electron chi connectivity index (χ2n) is 6.69. The first-order valence-electron chi connectivity index (χ1n) is 8.98. The highest BCUT2D eigenvalue weighted by Gasteiger charge is 2.29. The van der Waals surface area contributed by atoms with Gasteiger partial charge in [-0.2, -0.15) is 0 Å². The maximum Gasteiger partial charge on any atom is 0.271 e. The monoisotopic (exact) mass is 411 g/mol. The third-order valence-electron chi connectivity index (χ3n) is 4.42. The molecule has 1 aromatic heterocycles. The number of benzene rings is 2. The molecule has 1 fully saturated rings. The van der Waals surface area contributed by atoms with Gasteiger partial charge in [-0.25, -0.2) is 4.98 Å². The number of hydrogen-bond donors (Lipinski definition) is 2. The van der Waals surface area contributed by atoms with Crippen LogP contribution < -0.4 is 10.6 Å². The molecule has 2 N–H and O–H groups in total. The molecule has 28 heavy (non-hydrogen) atoms. The van der Waals surface area contributed by atoms with Gasteiger partial charge in [0.1, 0.15) is 10.7 Å². The van der Waals surface area contributed by atoms with Gasteiger partial charge in [0, 0.05) is 34.1 Å². The highest BCUT2D eigenvalue weighted by atomic mass is 35.5. The Hall–Kier alpha value is -2.70. The van der Waals surface area contributed by atoms with Crippen molar-refractivity contribution in [1.29, 1.82) is 0 Å². The van der Waals surface area contributed by atoms with E-state index in [1.165, 1.54) is 11.3 Å². The van der Waals surface area contributed by atoms with Crippen molar-refractivity contribution in [3.05, 3.63) is 70.2 Å². The number of nitrogens with one attached hydrogen (secondary N) is 2. The van der Waals surface area contributed by atoms with Crippen molar-refractivity contribution in [2.24, 2.45) is 5.92 Å². The molecule has 1 heterocycles. The highest BCUT2D eigenvalue weighted by Crippen LogP contribution is 2.30. The van der Waals surface area contributed by atoms with E-state index in [9.17, 15) is 9.59 Å². The number of anilines is 1. The van der Waals surface area contributed by atoms with Gasteiger partial charge < -0.3 is 10.6 Å². The third kappa shape index (κ3) is 4.58. The molecule has 1 saturated carbocycles. The van der Waals surface area contributed by atoms with Gasteiger partial charge in [-0.15, -0.1) is 11.3 Å². The normalized spacial score (nSPS) is 13.2. The van der Waals surface area contributed by atoms with Crippen LogP contribution in [0.1, 0.15) is 28.9 Å². The molecule has 3 aromatic rings. The highest BCUT2D eigenvalue weighted by molar-refractivity contribution is 7.13. The van der Waals surface area contributed by atoms with Gasteiger partial charge in [-0.3, -0.25) is 9.59 Å². The van der Waals surface area contributed by atoms with E-state index in [1.54, 1.807) is 17.5 Å². The van der Waals surface area contributed by atoms with E-state index in [0.717, 1.165) is 34.7 Å². The molecular weight excluding hydrogens is 394 g/mol. The molecule has 0 saturated heterocycles. The van der Waals surface area contributed by atoms with E-state index >= 15 is 0 Å². The van der Waals surface area contributed by atoms with Crippen molar-refractivity contribution < 1.29 is 9.59 Å². The molecule has 0 spiro atoms. The zero-order chi connectivity index (χ0) is 19.5. The molecule has 0 radical (unpaired) electrons. The first-order chi connectivity index (χ1) is 13.6. The Morgan fingerprint density at radius 3 is 2.68 bits per heavy atom. The summed E-state index contributed by atoms with van der Waals surface area (Å²) in [5, 5.41) is 8.97. The molecule has 5 nitrogen and oxygen atoms in total. The largest absolute Gasteiger partial charge is 0.347 e. The molecular formula is C21H18ClN3O2S. The first-order valence-corrected chi connectivity index (χ1v) is 10.2. The summed E-state index contributed by atoms with van der Waals surface area (Å²) in [5.74, 6) is -0.00914. The number of hydrogen-bond acceptors (Lipinski definition) is 4. The minimum atomic E-state index is -0.233. The first kappa shape index (κ1) is 18.7. The molecule has 0 bridgehead atoms. The van der Waals surface area contributed by atoms with Gasteiger partial charge in [-0.05, 0) is 42.7 Å². The van der Waals surface area contributed by atoms with Crippen molar-refractivity contribution in [2.75, 3.05) is 5.32 Å². The number of nitrogens with zero attached hydrogens (tertiary/aromatic N) is 1. The Kier molecular flexibility index (Phi) is 5.41. The van der Waals surface area contributed by atoms with Crippen LogP contribution in [0, 0.1) is 5.92 Å². The predicted octanol–water partition coefficient (Wildman–Crippen LogP) is 4.74. The van der Waals surface area contributed by atoms with Crippen LogP contribution in [0.3, 0.4) is 0 Å². The summed E-state index contributed by atoms with van der Waals surface area (Å²) in [6.07, 6.45) is 1.93. The number of carbonyl (C=O) groups excluding carboxylic acids is 2. The van der Waals surface area contributed by atoms with Crippen molar-refractivity contribution in [2.45, 2.75) is 19.4 Å². The quantitative estimate of drug-likeness (QED) is 0.615. The summed E-state index contributed by atoms with van der Waals surface area (Å²) in [7, 11) is 0. The van der Waals surface area contributed by atoms with E-state index in [-0.39, 0.29) is 17.7 Å². The number of aromatic nitrogens is 1. The van der Waals surface area contributed by atoms with Gasteiger partial charge in [0.15, 0.2) is 0 Å². The van der Waals surface area contributed by atoms with E-state index in [4.69, 9.17) is 11.6 Å². The zero-order valence-electron chi connectivity index (χ0n) is 14.9. The number of halogens is 1. The molecule has 2 amide bonds. The van der Waals surface area contributed by atoms with E-state index in [0.29, 0.717) is 17.3 Å². The van der Waals surface area contributed by atoms with Gasteiger partial charge in [0.05, 0.1) is 0 Å². The van der Waals surface area contributed by atoms with Crippen molar-refractivity contribution in [3.63, 3.8) is 0 Å². The molecule has 4 rings (SSSR count). The topological polar surface area (TPSA) is 71.1 Å². The summed E-state index contributed by atoms with van der Waals surface area (Å²) in [6.45, 7) is 0.361. The van der Waals surface area contributed by atoms with Crippen LogP contribution in [-0.4, -0.2) is 16.8 Å². The maximum atomic E-state index is 12.4. The summed E-state index contributed by atoms with van der Waals surface area (Å²) in [5.41, 5.74) is 2.97. The minimum absolute atomic E-state index is 0.0680. The van der Waals surface area contributed by atoms with Gasteiger partial charge in [0.2, 0.25) is 5.91 Å². The van der Waals surface area contributed by atoms with Crippen LogP contribution in [0.15, 0.2) is 53.9 Å². The van der Waals surface area contributed by atoms with Gasteiger partial charge >= 0.3 is 0 Å². The van der Waals surface area contributed by atoms with E-state index < -0.39 is 0 Å². The lowest BCUT2D eigenvalue weighted by molar-refractivity contribution is -0.117. The average molecular weight is 412 g/mol. The Labute approximate surface area is 171 Å². The van der Waals surface area contributed by atoms with Crippen molar-refractivity contribution in [1.82, 2.24) is 10.3 Å². The molecule has 142 valence electrons. The van der Waals surface area contributed by atoms with Crippen LogP contribution >= 0.6 is 22.9 Å². The lowest BCUT2D eigenvalue weighted by Crippen LogP contribution is -2.23. The lowest BCUT2D eigenvalue weighted by atomic mass is 10.2. The van der Waals surface area contributed by atoms with Crippen molar-refractivity contribution in [3.8, 4) is 10.6 Å². The Bertz CT molecular complexity index is 1010. The minimum Gasteiger partial charge on any atom is -0.347 e. The number of rotatable bonds is 6. The molecule has 0 unspecified atom stereocenters. The third-order valence-corrected chi connectivity index (χ3v) is 5.57. The van der Waals surface area contributed by atoms with E-state index in [1.807, 2.05) is 36.4 Å². The summed E-state index contributed by atoms with van der Waals surface area (Å²) >= 11 is 7.32. The van der Waals surface area contributed by atoms with Gasteiger partial charge in [-0.1, -0.05) is 35.9 Å². The average Bonchev–Trinajstić information content (AvgIpc) is 3.44. The Morgan fingerprint density at radius 2 is 1.93 bits per heavy atom. The molecule has 2 aromatic carbocycles. The predicted molar refractivity (Wildman–Crippen MR) is 112 cm³/mol. The second-order valence-corrected chi connectivity index (χ2v) is 7.99. The number of carbonyl (C=O) groups is 2. The Balaban J connectivity index is 1.36. The molecule has 1 aliphatic rings. The SMILES string of the molecule is O=C(NCc1cccc(NC(=O)C2CC2)c1)c1csc(-c2ccc(Cl)cc2)n1. The lowest BCUT2D eigenvalue weighted by Gasteiger charge is -2.08. The fourth-order valence-electron chi connectivity index (χ4n) is 2.72. The standard InChI is InChI=1S/C21H18ClN3O2S/c22-16-8-6-15(7-9-16)21-25-18(12-28-21)20(27)23-11-13-2-1-3-17(10-13)24-19(26)14-4-5-14/h1-3,6-10,12,14H,4-5,11H2,(H,23,27)(H,24,26).